The second-order valence-corrected chi connectivity index (χ2v) is 8.08. The number of phenolic OH excluding ortho intramolecular Hbond substituents is 1. The van der Waals surface area contributed by atoms with E-state index in [9.17, 15) is 9.50 Å². The van der Waals surface area contributed by atoms with Crippen LogP contribution in [-0.2, 0) is 4.74 Å². The highest BCUT2D eigenvalue weighted by Gasteiger charge is 2.15. The van der Waals surface area contributed by atoms with Crippen molar-refractivity contribution in [3.63, 3.8) is 0 Å². The van der Waals surface area contributed by atoms with Gasteiger partial charge in [0.2, 0.25) is 0 Å². The molecule has 31 heavy (non-hydrogen) atoms. The van der Waals surface area contributed by atoms with E-state index >= 15 is 0 Å². The molecule has 1 saturated heterocycles. The van der Waals surface area contributed by atoms with Crippen LogP contribution >= 0.6 is 23.2 Å². The number of hydrogen-bond acceptors (Lipinski definition) is 5. The van der Waals surface area contributed by atoms with Crippen molar-refractivity contribution < 1.29 is 14.2 Å². The minimum absolute atomic E-state index is 0.0597. The number of hydrogen-bond donors (Lipinski definition) is 2. The molecule has 3 aromatic rings. The third-order valence-electron chi connectivity index (χ3n) is 5.15. The highest BCUT2D eigenvalue weighted by molar-refractivity contribution is 6.39. The minimum Gasteiger partial charge on any atom is -0.507 e. The molecule has 1 aliphatic heterocycles. The van der Waals surface area contributed by atoms with Gasteiger partial charge in [-0.25, -0.2) is 9.37 Å². The molecule has 0 spiro atoms. The number of nitrogens with zero attached hydrogens (tertiary/aromatic N) is 2. The quantitative estimate of drug-likeness (QED) is 0.520. The molecule has 0 amide bonds. The second kappa shape index (κ2) is 9.83. The van der Waals surface area contributed by atoms with Gasteiger partial charge in [-0.1, -0.05) is 29.3 Å². The van der Waals surface area contributed by atoms with Gasteiger partial charge in [-0.15, -0.1) is 0 Å². The molecule has 4 rings (SSSR count). The number of aromatic hydroxyl groups is 1. The normalized spacial score (nSPS) is 14.5. The van der Waals surface area contributed by atoms with Crippen molar-refractivity contribution in [1.29, 1.82) is 0 Å². The van der Waals surface area contributed by atoms with Gasteiger partial charge >= 0.3 is 0 Å². The molecule has 0 aliphatic carbocycles. The Kier molecular flexibility index (Phi) is 6.92. The van der Waals surface area contributed by atoms with Crippen LogP contribution in [0.1, 0.15) is 0 Å². The molecule has 1 aromatic heterocycles. The summed E-state index contributed by atoms with van der Waals surface area (Å²) in [4.78, 5) is 6.92. The number of pyridine rings is 1. The maximum Gasteiger partial charge on any atom is 0.127 e. The molecular formula is C23H22Cl2FN3O2. The molecule has 8 heteroatoms. The number of halogens is 3. The molecule has 1 fully saturated rings. The summed E-state index contributed by atoms with van der Waals surface area (Å²) in [5.74, 6) is 0.0635. The van der Waals surface area contributed by atoms with Crippen LogP contribution in [0.15, 0.2) is 48.5 Å². The van der Waals surface area contributed by atoms with Crippen molar-refractivity contribution in [2.45, 2.75) is 0 Å². The highest BCUT2D eigenvalue weighted by Crippen LogP contribution is 2.38. The van der Waals surface area contributed by atoms with E-state index in [0.29, 0.717) is 39.2 Å². The summed E-state index contributed by atoms with van der Waals surface area (Å²) < 4.78 is 19.3. The molecule has 2 heterocycles. The molecule has 0 atom stereocenters. The molecule has 2 N–H and O–H groups in total. The molecule has 1 aliphatic rings. The predicted octanol–water partition coefficient (Wildman–Crippen LogP) is 5.31. The average Bonchev–Trinajstić information content (AvgIpc) is 2.76. The maximum atomic E-state index is 13.9. The number of anilines is 1. The average molecular weight is 462 g/mol. The van der Waals surface area contributed by atoms with Crippen LogP contribution in [0.25, 0.3) is 22.4 Å². The zero-order valence-electron chi connectivity index (χ0n) is 16.7. The predicted molar refractivity (Wildman–Crippen MR) is 123 cm³/mol. The van der Waals surface area contributed by atoms with Crippen LogP contribution in [-0.4, -0.2) is 54.4 Å². The largest absolute Gasteiger partial charge is 0.507 e. The lowest BCUT2D eigenvalue weighted by atomic mass is 10.0. The molecule has 5 nitrogen and oxygen atoms in total. The summed E-state index contributed by atoms with van der Waals surface area (Å²) in [6.45, 7) is 4.77. The second-order valence-electron chi connectivity index (χ2n) is 7.27. The number of aromatic nitrogens is 1. The van der Waals surface area contributed by atoms with Gasteiger partial charge in [-0.05, 0) is 48.0 Å². The molecule has 0 radical (unpaired) electrons. The summed E-state index contributed by atoms with van der Waals surface area (Å²) in [5, 5.41) is 14.6. The number of morpholine rings is 1. The van der Waals surface area contributed by atoms with Crippen LogP contribution in [0.2, 0.25) is 10.0 Å². The van der Waals surface area contributed by atoms with E-state index in [2.05, 4.69) is 15.2 Å². The summed E-state index contributed by atoms with van der Waals surface area (Å²) >= 11 is 12.8. The Morgan fingerprint density at radius 3 is 2.55 bits per heavy atom. The van der Waals surface area contributed by atoms with Gasteiger partial charge in [-0.2, -0.15) is 0 Å². The van der Waals surface area contributed by atoms with E-state index in [1.807, 2.05) is 6.07 Å². The molecule has 0 unspecified atom stereocenters. The number of phenols is 1. The number of nitrogens with one attached hydrogen (secondary N) is 1. The van der Waals surface area contributed by atoms with Gasteiger partial charge in [0, 0.05) is 47.4 Å². The highest BCUT2D eigenvalue weighted by atomic mass is 35.5. The van der Waals surface area contributed by atoms with E-state index in [0.717, 1.165) is 38.4 Å². The minimum atomic E-state index is -0.461. The first-order valence-electron chi connectivity index (χ1n) is 10.0. The van der Waals surface area contributed by atoms with E-state index < -0.39 is 5.82 Å². The van der Waals surface area contributed by atoms with E-state index in [-0.39, 0.29) is 5.75 Å². The van der Waals surface area contributed by atoms with Gasteiger partial charge in [0.25, 0.3) is 0 Å². The maximum absolute atomic E-state index is 13.9. The van der Waals surface area contributed by atoms with Crippen molar-refractivity contribution in [1.82, 2.24) is 9.88 Å². The number of ether oxygens (including phenoxy) is 1. The zero-order valence-corrected chi connectivity index (χ0v) is 18.3. The van der Waals surface area contributed by atoms with Gasteiger partial charge in [0.1, 0.15) is 17.4 Å². The van der Waals surface area contributed by atoms with E-state index in [1.165, 1.54) is 18.2 Å². The Morgan fingerprint density at radius 1 is 1.06 bits per heavy atom. The summed E-state index contributed by atoms with van der Waals surface area (Å²) in [7, 11) is 0. The number of rotatable bonds is 6. The van der Waals surface area contributed by atoms with Gasteiger partial charge in [0.05, 0.1) is 18.9 Å². The van der Waals surface area contributed by atoms with Crippen molar-refractivity contribution in [2.75, 3.05) is 44.7 Å². The lowest BCUT2D eigenvalue weighted by molar-refractivity contribution is 0.0398. The standard InChI is InChI=1S/C23H22Cl2FN3O2/c24-18-2-1-3-19(25)23(18)15-12-20(17-14-16(26)4-5-21(17)30)28-22(13-15)27-6-7-29-8-10-31-11-9-29/h1-5,12-14,30H,6-11H2,(H,27,28). The Balaban J connectivity index is 1.69. The van der Waals surface area contributed by atoms with Crippen LogP contribution in [0.4, 0.5) is 10.2 Å². The van der Waals surface area contributed by atoms with E-state index in [1.54, 1.807) is 24.3 Å². The Labute approximate surface area is 190 Å². The molecule has 0 saturated carbocycles. The fourth-order valence-electron chi connectivity index (χ4n) is 3.56. The van der Waals surface area contributed by atoms with Crippen LogP contribution in [0.3, 0.4) is 0 Å². The monoisotopic (exact) mass is 461 g/mol. The van der Waals surface area contributed by atoms with Gasteiger partial charge in [0.15, 0.2) is 0 Å². The Hall–Kier alpha value is -2.38. The third-order valence-corrected chi connectivity index (χ3v) is 5.78. The van der Waals surface area contributed by atoms with Crippen molar-refractivity contribution in [3.8, 4) is 28.1 Å². The molecule has 0 bridgehead atoms. The lowest BCUT2D eigenvalue weighted by Gasteiger charge is -2.26. The summed E-state index contributed by atoms with van der Waals surface area (Å²) in [6, 6.07) is 12.7. The van der Waals surface area contributed by atoms with Crippen LogP contribution in [0, 0.1) is 5.82 Å². The molecule has 2 aromatic carbocycles. The summed E-state index contributed by atoms with van der Waals surface area (Å²) in [6.07, 6.45) is 0. The number of benzene rings is 2. The molecular weight excluding hydrogens is 440 g/mol. The van der Waals surface area contributed by atoms with Gasteiger partial charge < -0.3 is 15.2 Å². The Bertz CT molecular complexity index is 1050. The summed E-state index contributed by atoms with van der Waals surface area (Å²) in [5.41, 5.74) is 2.08. The van der Waals surface area contributed by atoms with Crippen LogP contribution < -0.4 is 5.32 Å². The molecule has 162 valence electrons. The van der Waals surface area contributed by atoms with Crippen molar-refractivity contribution in [3.05, 3.63) is 64.4 Å². The first kappa shape index (κ1) is 21.8. The lowest BCUT2D eigenvalue weighted by Crippen LogP contribution is -2.39. The zero-order chi connectivity index (χ0) is 21.8. The van der Waals surface area contributed by atoms with Crippen LogP contribution in [0.5, 0.6) is 5.75 Å². The smallest absolute Gasteiger partial charge is 0.127 e. The topological polar surface area (TPSA) is 57.6 Å². The van der Waals surface area contributed by atoms with Gasteiger partial charge in [-0.3, -0.25) is 4.90 Å². The van der Waals surface area contributed by atoms with Crippen molar-refractivity contribution >= 4 is 29.0 Å². The Morgan fingerprint density at radius 2 is 1.81 bits per heavy atom. The third kappa shape index (κ3) is 5.28. The fraction of sp³-hybridized carbons (Fsp3) is 0.261. The van der Waals surface area contributed by atoms with E-state index in [4.69, 9.17) is 27.9 Å². The first-order chi connectivity index (χ1) is 15.0. The fourth-order valence-corrected chi connectivity index (χ4v) is 4.17. The SMILES string of the molecule is Oc1ccc(F)cc1-c1cc(-c2c(Cl)cccc2Cl)cc(NCCN2CCOCC2)n1. The van der Waals surface area contributed by atoms with Crippen molar-refractivity contribution in [2.24, 2.45) is 0 Å². The first-order valence-corrected chi connectivity index (χ1v) is 10.8.